The SMILES string of the molecule is COc1cc2nc(-c3ccccc3)nc(N3CCN(C(=O)c4cncnc4)CC3)c2cc1OC. The minimum Gasteiger partial charge on any atom is -0.493 e. The number of piperazine rings is 1. The van der Waals surface area contributed by atoms with Gasteiger partial charge in [0.15, 0.2) is 17.3 Å². The Labute approximate surface area is 197 Å². The van der Waals surface area contributed by atoms with E-state index in [1.807, 2.05) is 47.4 Å². The summed E-state index contributed by atoms with van der Waals surface area (Å²) in [5.41, 5.74) is 2.19. The molecule has 172 valence electrons. The molecule has 9 heteroatoms. The van der Waals surface area contributed by atoms with Crippen molar-refractivity contribution in [2.24, 2.45) is 0 Å². The molecule has 0 bridgehead atoms. The summed E-state index contributed by atoms with van der Waals surface area (Å²) in [5.74, 6) is 2.60. The Morgan fingerprint density at radius 2 is 1.56 bits per heavy atom. The highest BCUT2D eigenvalue weighted by molar-refractivity contribution is 5.95. The highest BCUT2D eigenvalue weighted by Crippen LogP contribution is 2.36. The van der Waals surface area contributed by atoms with Gasteiger partial charge in [-0.15, -0.1) is 0 Å². The molecular weight excluding hydrogens is 432 g/mol. The number of amides is 1. The van der Waals surface area contributed by atoms with E-state index in [2.05, 4.69) is 14.9 Å². The van der Waals surface area contributed by atoms with Crippen molar-refractivity contribution in [2.45, 2.75) is 0 Å². The van der Waals surface area contributed by atoms with Crippen LogP contribution in [0.4, 0.5) is 5.82 Å². The first-order chi connectivity index (χ1) is 16.7. The lowest BCUT2D eigenvalue weighted by Gasteiger charge is -2.36. The number of benzene rings is 2. The topological polar surface area (TPSA) is 93.6 Å². The first-order valence-electron chi connectivity index (χ1n) is 11.0. The molecule has 0 saturated carbocycles. The maximum atomic E-state index is 12.8. The molecule has 1 aliphatic heterocycles. The standard InChI is InChI=1S/C25H24N6O3/c1-33-21-12-19-20(13-22(21)34-2)28-23(17-6-4-3-5-7-17)29-24(19)30-8-10-31(11-9-30)25(32)18-14-26-16-27-15-18/h3-7,12-16H,8-11H2,1-2H3. The number of carbonyl (C=O) groups is 1. The highest BCUT2D eigenvalue weighted by Gasteiger charge is 2.25. The molecule has 0 spiro atoms. The van der Waals surface area contributed by atoms with Gasteiger partial charge in [0.25, 0.3) is 5.91 Å². The van der Waals surface area contributed by atoms with Crippen LogP contribution >= 0.6 is 0 Å². The Kier molecular flexibility index (Phi) is 5.90. The first-order valence-corrected chi connectivity index (χ1v) is 11.0. The van der Waals surface area contributed by atoms with Crippen LogP contribution < -0.4 is 14.4 Å². The van der Waals surface area contributed by atoms with Crippen LogP contribution in [0.25, 0.3) is 22.3 Å². The molecule has 1 fully saturated rings. The second-order valence-corrected chi connectivity index (χ2v) is 7.87. The van der Waals surface area contributed by atoms with Gasteiger partial charge in [-0.1, -0.05) is 30.3 Å². The third-order valence-electron chi connectivity index (χ3n) is 5.89. The van der Waals surface area contributed by atoms with Gasteiger partial charge < -0.3 is 19.3 Å². The Bertz CT molecular complexity index is 1310. The summed E-state index contributed by atoms with van der Waals surface area (Å²) in [4.78, 5) is 34.5. The number of hydrogen-bond acceptors (Lipinski definition) is 8. The zero-order valence-corrected chi connectivity index (χ0v) is 19.0. The van der Waals surface area contributed by atoms with E-state index in [0.717, 1.165) is 22.3 Å². The maximum absolute atomic E-state index is 12.8. The molecule has 34 heavy (non-hydrogen) atoms. The van der Waals surface area contributed by atoms with Gasteiger partial charge in [0.1, 0.15) is 12.1 Å². The van der Waals surface area contributed by atoms with E-state index in [1.165, 1.54) is 6.33 Å². The van der Waals surface area contributed by atoms with E-state index in [4.69, 9.17) is 19.4 Å². The van der Waals surface area contributed by atoms with Crippen LogP contribution in [0, 0.1) is 0 Å². The summed E-state index contributed by atoms with van der Waals surface area (Å²) >= 11 is 0. The molecule has 4 aromatic rings. The number of carbonyl (C=O) groups excluding carboxylic acids is 1. The Hall–Kier alpha value is -4.27. The molecule has 9 nitrogen and oxygen atoms in total. The monoisotopic (exact) mass is 456 g/mol. The predicted molar refractivity (Wildman–Crippen MR) is 128 cm³/mol. The molecule has 0 aliphatic carbocycles. The largest absolute Gasteiger partial charge is 0.493 e. The molecule has 0 N–H and O–H groups in total. The lowest BCUT2D eigenvalue weighted by atomic mass is 10.1. The van der Waals surface area contributed by atoms with Crippen molar-refractivity contribution in [3.05, 3.63) is 66.7 Å². The van der Waals surface area contributed by atoms with Gasteiger partial charge in [-0.05, 0) is 6.07 Å². The fourth-order valence-electron chi connectivity index (χ4n) is 4.11. The van der Waals surface area contributed by atoms with Crippen LogP contribution in [0.2, 0.25) is 0 Å². The van der Waals surface area contributed by atoms with Crippen LogP contribution in [-0.2, 0) is 0 Å². The lowest BCUT2D eigenvalue weighted by Crippen LogP contribution is -2.49. The smallest absolute Gasteiger partial charge is 0.257 e. The number of ether oxygens (including phenoxy) is 2. The number of hydrogen-bond donors (Lipinski definition) is 0. The van der Waals surface area contributed by atoms with E-state index in [-0.39, 0.29) is 5.91 Å². The second-order valence-electron chi connectivity index (χ2n) is 7.87. The Balaban J connectivity index is 1.51. The summed E-state index contributed by atoms with van der Waals surface area (Å²) in [5, 5.41) is 0.869. The van der Waals surface area contributed by atoms with Crippen LogP contribution in [0.5, 0.6) is 11.5 Å². The van der Waals surface area contributed by atoms with Crippen molar-refractivity contribution < 1.29 is 14.3 Å². The number of anilines is 1. The van der Waals surface area contributed by atoms with Gasteiger partial charge in [-0.25, -0.2) is 19.9 Å². The van der Waals surface area contributed by atoms with Crippen molar-refractivity contribution in [2.75, 3.05) is 45.3 Å². The number of fused-ring (bicyclic) bond motifs is 1. The van der Waals surface area contributed by atoms with E-state index in [0.29, 0.717) is 49.1 Å². The minimum atomic E-state index is -0.0656. The number of rotatable bonds is 5. The molecule has 0 unspecified atom stereocenters. The van der Waals surface area contributed by atoms with Gasteiger partial charge >= 0.3 is 0 Å². The molecule has 1 amide bonds. The zero-order chi connectivity index (χ0) is 23.5. The van der Waals surface area contributed by atoms with Crippen molar-refractivity contribution in [1.82, 2.24) is 24.8 Å². The van der Waals surface area contributed by atoms with E-state index < -0.39 is 0 Å². The molecule has 5 rings (SSSR count). The van der Waals surface area contributed by atoms with Gasteiger partial charge in [0, 0.05) is 55.6 Å². The van der Waals surface area contributed by atoms with Crippen molar-refractivity contribution in [3.63, 3.8) is 0 Å². The quantitative estimate of drug-likeness (QED) is 0.452. The van der Waals surface area contributed by atoms with E-state index in [1.54, 1.807) is 26.6 Å². The lowest BCUT2D eigenvalue weighted by molar-refractivity contribution is 0.0745. The average Bonchev–Trinajstić information content (AvgIpc) is 2.92. The zero-order valence-electron chi connectivity index (χ0n) is 19.0. The molecule has 1 aliphatic rings. The maximum Gasteiger partial charge on any atom is 0.257 e. The van der Waals surface area contributed by atoms with Crippen molar-refractivity contribution >= 4 is 22.6 Å². The third kappa shape index (κ3) is 4.07. The number of methoxy groups -OCH3 is 2. The molecule has 0 atom stereocenters. The number of nitrogens with zero attached hydrogens (tertiary/aromatic N) is 6. The summed E-state index contributed by atoms with van der Waals surface area (Å²) < 4.78 is 11.0. The van der Waals surface area contributed by atoms with Crippen molar-refractivity contribution in [1.29, 1.82) is 0 Å². The molecule has 2 aromatic heterocycles. The summed E-state index contributed by atoms with van der Waals surface area (Å²) in [7, 11) is 3.22. The van der Waals surface area contributed by atoms with Gasteiger partial charge in [0.05, 0.1) is 25.3 Å². The van der Waals surface area contributed by atoms with Gasteiger partial charge in [0.2, 0.25) is 0 Å². The van der Waals surface area contributed by atoms with Crippen LogP contribution in [0.1, 0.15) is 10.4 Å². The summed E-state index contributed by atoms with van der Waals surface area (Å²) in [6, 6.07) is 13.7. The fraction of sp³-hybridized carbons (Fsp3) is 0.240. The van der Waals surface area contributed by atoms with E-state index in [9.17, 15) is 4.79 Å². The fourth-order valence-corrected chi connectivity index (χ4v) is 4.11. The highest BCUT2D eigenvalue weighted by atomic mass is 16.5. The van der Waals surface area contributed by atoms with Crippen molar-refractivity contribution in [3.8, 4) is 22.9 Å². The van der Waals surface area contributed by atoms with Crippen LogP contribution in [0.15, 0.2) is 61.2 Å². The van der Waals surface area contributed by atoms with Crippen LogP contribution in [-0.4, -0.2) is 71.1 Å². The first kappa shape index (κ1) is 21.6. The molecule has 1 saturated heterocycles. The second kappa shape index (κ2) is 9.30. The molecular formula is C25H24N6O3. The minimum absolute atomic E-state index is 0.0656. The molecule has 3 heterocycles. The third-order valence-corrected chi connectivity index (χ3v) is 5.89. The summed E-state index contributed by atoms with van der Waals surface area (Å²) in [6.07, 6.45) is 4.51. The molecule has 0 radical (unpaired) electrons. The van der Waals surface area contributed by atoms with Crippen LogP contribution in [0.3, 0.4) is 0 Å². The summed E-state index contributed by atoms with van der Waals surface area (Å²) in [6.45, 7) is 2.39. The Morgan fingerprint density at radius 1 is 0.882 bits per heavy atom. The normalized spacial score (nSPS) is 13.7. The van der Waals surface area contributed by atoms with E-state index >= 15 is 0 Å². The predicted octanol–water partition coefficient (Wildman–Crippen LogP) is 3.07. The average molecular weight is 457 g/mol. The van der Waals surface area contributed by atoms with Gasteiger partial charge in [-0.2, -0.15) is 0 Å². The Morgan fingerprint density at radius 3 is 2.24 bits per heavy atom. The molecule has 2 aromatic carbocycles. The number of aromatic nitrogens is 4. The van der Waals surface area contributed by atoms with Gasteiger partial charge in [-0.3, -0.25) is 4.79 Å².